The van der Waals surface area contributed by atoms with Gasteiger partial charge in [-0.1, -0.05) is 48.0 Å². The highest BCUT2D eigenvalue weighted by Crippen LogP contribution is 2.26. The fourth-order valence-electron chi connectivity index (χ4n) is 3.40. The van der Waals surface area contributed by atoms with Gasteiger partial charge in [0.25, 0.3) is 0 Å². The highest BCUT2D eigenvalue weighted by Gasteiger charge is 2.39. The van der Waals surface area contributed by atoms with Crippen molar-refractivity contribution in [3.8, 4) is 0 Å². The van der Waals surface area contributed by atoms with Crippen LogP contribution in [0.25, 0.3) is 0 Å². The zero-order valence-electron chi connectivity index (χ0n) is 15.1. The third-order valence-electron chi connectivity index (χ3n) is 4.73. The van der Waals surface area contributed by atoms with E-state index in [4.69, 9.17) is 11.6 Å². The molecule has 5 nitrogen and oxygen atoms in total. The molecule has 1 aliphatic rings. The molecule has 2 aromatic rings. The van der Waals surface area contributed by atoms with E-state index in [1.165, 1.54) is 4.31 Å². The molecule has 0 aromatic heterocycles. The minimum Gasteiger partial charge on any atom is -0.352 e. The van der Waals surface area contributed by atoms with E-state index in [-0.39, 0.29) is 16.8 Å². The molecule has 2 aromatic carbocycles. The normalized spacial score (nSPS) is 19.0. The molecule has 2 atom stereocenters. The quantitative estimate of drug-likeness (QED) is 0.800. The molecule has 1 N–H and O–H groups in total. The van der Waals surface area contributed by atoms with Crippen LogP contribution in [0.15, 0.2) is 59.5 Å². The number of rotatable bonds is 6. The van der Waals surface area contributed by atoms with Crippen molar-refractivity contribution < 1.29 is 13.2 Å². The second kappa shape index (κ2) is 8.42. The number of halogens is 1. The molecule has 7 heteroatoms. The van der Waals surface area contributed by atoms with Crippen molar-refractivity contribution in [1.29, 1.82) is 0 Å². The van der Waals surface area contributed by atoms with Crippen LogP contribution in [0.5, 0.6) is 0 Å². The Bertz CT molecular complexity index is 902. The van der Waals surface area contributed by atoms with Crippen LogP contribution in [0.2, 0.25) is 5.02 Å². The maximum Gasteiger partial charge on any atom is 0.243 e. The SMILES string of the molecule is CC(Cc1ccccc1Cl)NC(=O)C1CCCN1S(=O)(=O)c1ccccc1. The average Bonchev–Trinajstić information content (AvgIpc) is 3.15. The molecule has 1 heterocycles. The van der Waals surface area contributed by atoms with Crippen LogP contribution in [0, 0.1) is 0 Å². The van der Waals surface area contributed by atoms with Crippen LogP contribution >= 0.6 is 11.6 Å². The Labute approximate surface area is 165 Å². The molecule has 0 aliphatic carbocycles. The van der Waals surface area contributed by atoms with E-state index in [1.807, 2.05) is 31.2 Å². The Morgan fingerprint density at radius 2 is 1.85 bits per heavy atom. The minimum absolute atomic E-state index is 0.153. The van der Waals surface area contributed by atoms with Gasteiger partial charge in [0.15, 0.2) is 0 Å². The van der Waals surface area contributed by atoms with Crippen LogP contribution in [-0.4, -0.2) is 37.3 Å². The predicted octanol–water partition coefficient (Wildman–Crippen LogP) is 3.24. The van der Waals surface area contributed by atoms with Gasteiger partial charge in [0.1, 0.15) is 6.04 Å². The van der Waals surface area contributed by atoms with Crippen molar-refractivity contribution in [3.05, 3.63) is 65.2 Å². The van der Waals surface area contributed by atoms with Crippen molar-refractivity contribution in [1.82, 2.24) is 9.62 Å². The van der Waals surface area contributed by atoms with E-state index in [0.29, 0.717) is 30.8 Å². The Kier molecular flexibility index (Phi) is 6.19. The molecule has 1 amide bonds. The van der Waals surface area contributed by atoms with E-state index >= 15 is 0 Å². The van der Waals surface area contributed by atoms with Crippen LogP contribution in [-0.2, 0) is 21.2 Å². The van der Waals surface area contributed by atoms with E-state index in [1.54, 1.807) is 30.3 Å². The molecular weight excluding hydrogens is 384 g/mol. The summed E-state index contributed by atoms with van der Waals surface area (Å²) in [6.45, 7) is 2.25. The monoisotopic (exact) mass is 406 g/mol. The molecule has 144 valence electrons. The standard InChI is InChI=1S/C20H23ClN2O3S/c1-15(14-16-8-5-6-11-18(16)21)22-20(24)19-12-7-13-23(19)27(25,26)17-9-3-2-4-10-17/h2-6,8-11,15,19H,7,12-14H2,1H3,(H,22,24). The first-order chi connectivity index (χ1) is 12.9. The first-order valence-electron chi connectivity index (χ1n) is 9.00. The molecule has 0 bridgehead atoms. The number of carbonyl (C=O) groups excluding carboxylic acids is 1. The lowest BCUT2D eigenvalue weighted by molar-refractivity contribution is -0.124. The molecule has 27 heavy (non-hydrogen) atoms. The van der Waals surface area contributed by atoms with Crippen molar-refractivity contribution in [2.24, 2.45) is 0 Å². The number of hydrogen-bond donors (Lipinski definition) is 1. The predicted molar refractivity (Wildman–Crippen MR) is 106 cm³/mol. The summed E-state index contributed by atoms with van der Waals surface area (Å²) in [6, 6.07) is 14.9. The van der Waals surface area contributed by atoms with E-state index < -0.39 is 16.1 Å². The molecule has 3 rings (SSSR count). The summed E-state index contributed by atoms with van der Waals surface area (Å²) in [5.41, 5.74) is 0.951. The van der Waals surface area contributed by atoms with Crippen LogP contribution in [0.3, 0.4) is 0 Å². The van der Waals surface area contributed by atoms with Gasteiger partial charge < -0.3 is 5.32 Å². The lowest BCUT2D eigenvalue weighted by Gasteiger charge is -2.25. The summed E-state index contributed by atoms with van der Waals surface area (Å²) in [6.07, 6.45) is 1.78. The Morgan fingerprint density at radius 1 is 1.19 bits per heavy atom. The first-order valence-corrected chi connectivity index (χ1v) is 10.8. The van der Waals surface area contributed by atoms with Gasteiger partial charge in [-0.3, -0.25) is 4.79 Å². The molecule has 0 saturated carbocycles. The number of benzene rings is 2. The van der Waals surface area contributed by atoms with Gasteiger partial charge in [-0.2, -0.15) is 4.31 Å². The fraction of sp³-hybridized carbons (Fsp3) is 0.350. The molecule has 2 unspecified atom stereocenters. The van der Waals surface area contributed by atoms with Gasteiger partial charge in [-0.25, -0.2) is 8.42 Å². The van der Waals surface area contributed by atoms with Gasteiger partial charge in [-0.05, 0) is 49.9 Å². The maximum absolute atomic E-state index is 12.9. The third-order valence-corrected chi connectivity index (χ3v) is 7.02. The summed E-state index contributed by atoms with van der Waals surface area (Å²) in [7, 11) is -3.68. The highest BCUT2D eigenvalue weighted by atomic mass is 35.5. The Morgan fingerprint density at radius 3 is 2.56 bits per heavy atom. The van der Waals surface area contributed by atoms with Crippen molar-refractivity contribution >= 4 is 27.5 Å². The molecule has 0 radical (unpaired) electrons. The first kappa shape index (κ1) is 19.9. The van der Waals surface area contributed by atoms with Gasteiger partial charge in [-0.15, -0.1) is 0 Å². The fourth-order valence-corrected chi connectivity index (χ4v) is 5.29. The van der Waals surface area contributed by atoms with E-state index in [2.05, 4.69) is 5.32 Å². The van der Waals surface area contributed by atoms with Crippen LogP contribution < -0.4 is 5.32 Å². The second-order valence-corrected chi connectivity index (χ2v) is 9.09. The molecule has 1 aliphatic heterocycles. The largest absolute Gasteiger partial charge is 0.352 e. The number of carbonyl (C=O) groups is 1. The smallest absolute Gasteiger partial charge is 0.243 e. The zero-order chi connectivity index (χ0) is 19.4. The lowest BCUT2D eigenvalue weighted by atomic mass is 10.1. The molecule has 1 fully saturated rings. The molecule has 0 spiro atoms. The van der Waals surface area contributed by atoms with E-state index in [9.17, 15) is 13.2 Å². The van der Waals surface area contributed by atoms with Gasteiger partial charge in [0.05, 0.1) is 4.90 Å². The summed E-state index contributed by atoms with van der Waals surface area (Å²) < 4.78 is 27.1. The van der Waals surface area contributed by atoms with E-state index in [0.717, 1.165) is 5.56 Å². The maximum atomic E-state index is 12.9. The van der Waals surface area contributed by atoms with Crippen LogP contribution in [0.4, 0.5) is 0 Å². The van der Waals surface area contributed by atoms with Gasteiger partial charge >= 0.3 is 0 Å². The number of sulfonamides is 1. The van der Waals surface area contributed by atoms with Crippen molar-refractivity contribution in [2.75, 3.05) is 6.54 Å². The minimum atomic E-state index is -3.68. The summed E-state index contributed by atoms with van der Waals surface area (Å²) in [4.78, 5) is 13.0. The van der Waals surface area contributed by atoms with Crippen molar-refractivity contribution in [2.45, 2.75) is 43.2 Å². The second-order valence-electron chi connectivity index (χ2n) is 6.79. The number of nitrogens with one attached hydrogen (secondary N) is 1. The number of amides is 1. The van der Waals surface area contributed by atoms with Gasteiger partial charge in [0.2, 0.25) is 15.9 Å². The molecule has 1 saturated heterocycles. The summed E-state index contributed by atoms with van der Waals surface area (Å²) >= 11 is 6.18. The molecular formula is C20H23ClN2O3S. The van der Waals surface area contributed by atoms with Crippen molar-refractivity contribution in [3.63, 3.8) is 0 Å². The highest BCUT2D eigenvalue weighted by molar-refractivity contribution is 7.89. The third kappa shape index (κ3) is 4.51. The number of hydrogen-bond acceptors (Lipinski definition) is 3. The Hall–Kier alpha value is -1.89. The summed E-state index contributed by atoms with van der Waals surface area (Å²) in [5, 5.41) is 3.61. The lowest BCUT2D eigenvalue weighted by Crippen LogP contribution is -2.48. The van der Waals surface area contributed by atoms with Gasteiger partial charge in [0, 0.05) is 17.6 Å². The summed E-state index contributed by atoms with van der Waals surface area (Å²) in [5.74, 6) is -0.258. The topological polar surface area (TPSA) is 66.5 Å². The van der Waals surface area contributed by atoms with Crippen LogP contribution in [0.1, 0.15) is 25.3 Å². The zero-order valence-corrected chi connectivity index (χ0v) is 16.7. The number of nitrogens with zero attached hydrogens (tertiary/aromatic N) is 1. The average molecular weight is 407 g/mol. The Balaban J connectivity index is 1.69.